The quantitative estimate of drug-likeness (QED) is 0.375. The van der Waals surface area contributed by atoms with Gasteiger partial charge in [-0.1, -0.05) is 57.0 Å². The number of carbonyl (C=O) groups is 5. The second-order valence-corrected chi connectivity index (χ2v) is 11.9. The Kier molecular flexibility index (Phi) is 9.17. The highest BCUT2D eigenvalue weighted by Crippen LogP contribution is 2.31. The van der Waals surface area contributed by atoms with Gasteiger partial charge in [0, 0.05) is 11.1 Å². The van der Waals surface area contributed by atoms with E-state index in [9.17, 15) is 24.0 Å². The van der Waals surface area contributed by atoms with Crippen molar-refractivity contribution in [3.8, 4) is 5.75 Å². The van der Waals surface area contributed by atoms with Crippen LogP contribution in [0, 0.1) is 19.3 Å². The number of nitrogens with zero attached hydrogens (tertiary/aromatic N) is 1. The highest BCUT2D eigenvalue weighted by molar-refractivity contribution is 6.34. The van der Waals surface area contributed by atoms with Crippen LogP contribution in [0.4, 0.5) is 16.2 Å². The van der Waals surface area contributed by atoms with Gasteiger partial charge in [-0.3, -0.25) is 19.2 Å². The molecule has 2 N–H and O–H groups in total. The van der Waals surface area contributed by atoms with Crippen LogP contribution in [0.3, 0.4) is 0 Å². The van der Waals surface area contributed by atoms with Crippen LogP contribution >= 0.6 is 11.6 Å². The van der Waals surface area contributed by atoms with E-state index in [-0.39, 0.29) is 10.7 Å². The zero-order valence-corrected chi connectivity index (χ0v) is 25.3. The maximum Gasteiger partial charge on any atom is 0.418 e. The van der Waals surface area contributed by atoms with Crippen molar-refractivity contribution in [3.05, 3.63) is 52.5 Å². The molecule has 2 atom stereocenters. The van der Waals surface area contributed by atoms with Crippen molar-refractivity contribution in [3.63, 3.8) is 0 Å². The number of aryl methyl sites for hydroxylation is 2. The zero-order valence-electron chi connectivity index (χ0n) is 24.5. The third-order valence-corrected chi connectivity index (χ3v) is 6.85. The molecule has 0 saturated carbocycles. The van der Waals surface area contributed by atoms with E-state index in [0.717, 1.165) is 11.1 Å². The predicted molar refractivity (Wildman–Crippen MR) is 155 cm³/mol. The Labute approximate surface area is 244 Å². The number of ketones is 1. The van der Waals surface area contributed by atoms with Gasteiger partial charge in [-0.05, 0) is 63.9 Å². The number of hydrogen-bond donors (Lipinski definition) is 2. The Bertz CT molecular complexity index is 1400. The second-order valence-electron chi connectivity index (χ2n) is 11.5. The molecule has 2 unspecified atom stereocenters. The monoisotopic (exact) mass is 585 g/mol. The molecule has 41 heavy (non-hydrogen) atoms. The fourth-order valence-electron chi connectivity index (χ4n) is 4.20. The molecule has 0 spiro atoms. The first-order valence-electron chi connectivity index (χ1n) is 13.2. The lowest BCUT2D eigenvalue weighted by atomic mass is 9.85. The number of Topliss-reactive ketones (excluding diaryl/α,β-unsaturated/α-hetero) is 1. The highest BCUT2D eigenvalue weighted by atomic mass is 35.5. The van der Waals surface area contributed by atoms with Crippen molar-refractivity contribution in [2.45, 2.75) is 79.6 Å². The lowest BCUT2D eigenvalue weighted by molar-refractivity contribution is -0.145. The molecule has 2 aromatic rings. The number of carbonyl (C=O) groups excluding carboxylic acids is 5. The average Bonchev–Trinajstić information content (AvgIpc) is 3.06. The fraction of sp³-hybridized carbons (Fsp3) is 0.433. The van der Waals surface area contributed by atoms with Crippen LogP contribution in [0.15, 0.2) is 36.4 Å². The molecule has 11 heteroatoms. The van der Waals surface area contributed by atoms with Crippen LogP contribution in [0.5, 0.6) is 5.75 Å². The first-order chi connectivity index (χ1) is 19.0. The molecule has 1 aliphatic rings. The van der Waals surface area contributed by atoms with Gasteiger partial charge < -0.3 is 20.1 Å². The standard InChI is InChI=1S/C30H36ClN3O7/c1-9-21(40-22-13-10-16(2)14-17(22)3)25(36)32-18-11-12-19(31)20(15-18)33-26(37)23(24(35)29(4,5)6)34-27(38)30(7,8)41-28(34)39/h10-15,21,23H,9H2,1-8H3,(H,32,36)(H,33,37). The zero-order chi connectivity index (χ0) is 30.9. The summed E-state index contributed by atoms with van der Waals surface area (Å²) in [6.45, 7) is 13.1. The minimum absolute atomic E-state index is 0.0591. The van der Waals surface area contributed by atoms with Gasteiger partial charge in [-0.25, -0.2) is 9.69 Å². The van der Waals surface area contributed by atoms with Crippen LogP contribution in [-0.4, -0.2) is 52.2 Å². The Balaban J connectivity index is 1.84. The van der Waals surface area contributed by atoms with Gasteiger partial charge in [-0.15, -0.1) is 0 Å². The molecule has 1 heterocycles. The van der Waals surface area contributed by atoms with Crippen molar-refractivity contribution < 1.29 is 33.4 Å². The molecule has 0 aliphatic carbocycles. The molecule has 0 radical (unpaired) electrons. The van der Waals surface area contributed by atoms with Gasteiger partial charge in [0.2, 0.25) is 0 Å². The minimum atomic E-state index is -1.80. The third kappa shape index (κ3) is 7.05. The topological polar surface area (TPSA) is 131 Å². The summed E-state index contributed by atoms with van der Waals surface area (Å²) in [5.41, 5.74) is -0.289. The van der Waals surface area contributed by atoms with E-state index in [1.54, 1.807) is 26.8 Å². The van der Waals surface area contributed by atoms with Crippen LogP contribution < -0.4 is 15.4 Å². The van der Waals surface area contributed by atoms with Crippen molar-refractivity contribution in [2.24, 2.45) is 5.41 Å². The summed E-state index contributed by atoms with van der Waals surface area (Å²) >= 11 is 6.33. The summed E-state index contributed by atoms with van der Waals surface area (Å²) < 4.78 is 11.1. The van der Waals surface area contributed by atoms with Crippen molar-refractivity contribution in [1.82, 2.24) is 4.90 Å². The number of imide groups is 1. The van der Waals surface area contributed by atoms with Crippen molar-refractivity contribution in [1.29, 1.82) is 0 Å². The molecule has 0 bridgehead atoms. The smallest absolute Gasteiger partial charge is 0.418 e. The summed E-state index contributed by atoms with van der Waals surface area (Å²) in [7, 11) is 0. The Morgan fingerprint density at radius 2 is 1.68 bits per heavy atom. The number of hydrogen-bond acceptors (Lipinski definition) is 7. The van der Waals surface area contributed by atoms with E-state index in [1.807, 2.05) is 39.0 Å². The number of benzene rings is 2. The van der Waals surface area contributed by atoms with Gasteiger partial charge in [0.1, 0.15) is 5.75 Å². The van der Waals surface area contributed by atoms with E-state index < -0.39 is 52.8 Å². The van der Waals surface area contributed by atoms with E-state index >= 15 is 0 Å². The number of cyclic esters (lactones) is 1. The molecule has 0 aromatic heterocycles. The summed E-state index contributed by atoms with van der Waals surface area (Å²) in [6.07, 6.45) is -1.50. The van der Waals surface area contributed by atoms with Crippen LogP contribution in [0.1, 0.15) is 59.1 Å². The summed E-state index contributed by atoms with van der Waals surface area (Å²) in [4.78, 5) is 65.9. The number of nitrogens with one attached hydrogen (secondary N) is 2. The highest BCUT2D eigenvalue weighted by Gasteiger charge is 2.55. The van der Waals surface area contributed by atoms with Gasteiger partial charge in [0.25, 0.3) is 17.7 Å². The first kappa shape index (κ1) is 31.6. The number of amides is 4. The van der Waals surface area contributed by atoms with Crippen LogP contribution in [0.2, 0.25) is 5.02 Å². The normalized spacial score (nSPS) is 16.1. The predicted octanol–water partition coefficient (Wildman–Crippen LogP) is 5.43. The molecule has 1 aliphatic heterocycles. The lowest BCUT2D eigenvalue weighted by Crippen LogP contribution is -2.55. The molecular weight excluding hydrogens is 550 g/mol. The van der Waals surface area contributed by atoms with E-state index in [4.69, 9.17) is 21.1 Å². The van der Waals surface area contributed by atoms with Gasteiger partial charge >= 0.3 is 6.09 Å². The Morgan fingerprint density at radius 3 is 2.22 bits per heavy atom. The van der Waals surface area contributed by atoms with E-state index in [1.165, 1.54) is 26.0 Å². The number of anilines is 2. The number of rotatable bonds is 9. The van der Waals surface area contributed by atoms with Gasteiger partial charge in [-0.2, -0.15) is 0 Å². The van der Waals surface area contributed by atoms with Crippen molar-refractivity contribution in [2.75, 3.05) is 10.6 Å². The lowest BCUT2D eigenvalue weighted by Gasteiger charge is -2.28. The SMILES string of the molecule is CCC(Oc1ccc(C)cc1C)C(=O)Nc1ccc(Cl)c(NC(=O)C(C(=O)C(C)(C)C)N2C(=O)OC(C)(C)C2=O)c1. The molecule has 4 amide bonds. The van der Waals surface area contributed by atoms with E-state index in [0.29, 0.717) is 22.8 Å². The van der Waals surface area contributed by atoms with Crippen molar-refractivity contribution >= 4 is 52.6 Å². The number of ether oxygens (including phenoxy) is 2. The summed E-state index contributed by atoms with van der Waals surface area (Å²) in [5, 5.41) is 5.41. The third-order valence-electron chi connectivity index (χ3n) is 6.52. The van der Waals surface area contributed by atoms with Crippen LogP contribution in [-0.2, 0) is 23.9 Å². The molecular formula is C30H36ClN3O7. The molecule has 220 valence electrons. The molecule has 2 aromatic carbocycles. The first-order valence-corrected chi connectivity index (χ1v) is 13.6. The Hall–Kier alpha value is -3.92. The molecule has 1 fully saturated rings. The molecule has 1 saturated heterocycles. The molecule has 3 rings (SSSR count). The minimum Gasteiger partial charge on any atom is -0.480 e. The summed E-state index contributed by atoms with van der Waals surface area (Å²) in [6, 6.07) is 8.28. The second kappa shape index (κ2) is 11.9. The fourth-order valence-corrected chi connectivity index (χ4v) is 4.37. The summed E-state index contributed by atoms with van der Waals surface area (Å²) in [5.74, 6) is -2.27. The van der Waals surface area contributed by atoms with E-state index in [2.05, 4.69) is 10.6 Å². The largest absolute Gasteiger partial charge is 0.480 e. The Morgan fingerprint density at radius 1 is 1.02 bits per heavy atom. The van der Waals surface area contributed by atoms with Gasteiger partial charge in [0.15, 0.2) is 23.5 Å². The average molecular weight is 586 g/mol. The van der Waals surface area contributed by atoms with Crippen LogP contribution in [0.25, 0.3) is 0 Å². The maximum atomic E-state index is 13.5. The maximum absolute atomic E-state index is 13.5. The number of halogens is 1. The van der Waals surface area contributed by atoms with Gasteiger partial charge in [0.05, 0.1) is 10.7 Å². The molecule has 10 nitrogen and oxygen atoms in total.